The Hall–Kier alpha value is -3.65. The van der Waals surface area contributed by atoms with Crippen molar-refractivity contribution < 1.29 is 24.0 Å². The van der Waals surface area contributed by atoms with Crippen LogP contribution in [-0.4, -0.2) is 35.0 Å². The Kier molecular flexibility index (Phi) is 7.73. The van der Waals surface area contributed by atoms with E-state index < -0.39 is 10.8 Å². The lowest BCUT2D eigenvalue weighted by Gasteiger charge is -2.49. The van der Waals surface area contributed by atoms with Gasteiger partial charge in [-0.3, -0.25) is 19.7 Å². The summed E-state index contributed by atoms with van der Waals surface area (Å²) in [7, 11) is 1.52. The lowest BCUT2D eigenvalue weighted by molar-refractivity contribution is -0.384. The zero-order valence-electron chi connectivity index (χ0n) is 25.0. The highest BCUT2D eigenvalue weighted by atomic mass is 35.5. The molecule has 0 N–H and O–H groups in total. The molecule has 5 rings (SSSR count). The number of Topliss-reactive ketones (excluding diaryl/α,β-unsaturated/α-hetero) is 2. The highest BCUT2D eigenvalue weighted by Crippen LogP contribution is 2.55. The first-order valence-corrected chi connectivity index (χ1v) is 14.7. The molecule has 1 aliphatic heterocycles. The van der Waals surface area contributed by atoms with Gasteiger partial charge in [0.05, 0.1) is 17.1 Å². The predicted molar refractivity (Wildman–Crippen MR) is 161 cm³/mol. The summed E-state index contributed by atoms with van der Waals surface area (Å²) in [6, 6.07) is 9.69. The molecule has 3 aliphatic rings. The molecule has 0 fully saturated rings. The molecule has 0 saturated heterocycles. The second kappa shape index (κ2) is 10.9. The maximum atomic E-state index is 13.9. The van der Waals surface area contributed by atoms with Gasteiger partial charge in [0, 0.05) is 60.0 Å². The van der Waals surface area contributed by atoms with E-state index in [9.17, 15) is 19.7 Å². The van der Waals surface area contributed by atoms with Crippen molar-refractivity contribution in [3.63, 3.8) is 0 Å². The van der Waals surface area contributed by atoms with Gasteiger partial charge in [-0.25, -0.2) is 0 Å². The van der Waals surface area contributed by atoms with Gasteiger partial charge in [0.15, 0.2) is 23.1 Å². The van der Waals surface area contributed by atoms with E-state index in [0.29, 0.717) is 47.1 Å². The molecule has 42 heavy (non-hydrogen) atoms. The van der Waals surface area contributed by atoms with Crippen molar-refractivity contribution in [2.45, 2.75) is 72.8 Å². The number of benzene rings is 2. The van der Waals surface area contributed by atoms with E-state index in [1.807, 2.05) is 6.07 Å². The third-order valence-corrected chi connectivity index (χ3v) is 8.73. The van der Waals surface area contributed by atoms with Crippen molar-refractivity contribution in [2.75, 3.05) is 13.7 Å². The van der Waals surface area contributed by atoms with E-state index in [4.69, 9.17) is 21.1 Å². The number of hydrogen-bond donors (Lipinski definition) is 0. The van der Waals surface area contributed by atoms with E-state index in [1.54, 1.807) is 18.2 Å². The quantitative estimate of drug-likeness (QED) is 0.242. The molecule has 0 atom stereocenters. The van der Waals surface area contributed by atoms with Gasteiger partial charge in [0.25, 0.3) is 5.69 Å². The molecular weight excluding hydrogens is 556 g/mol. The van der Waals surface area contributed by atoms with E-state index in [-0.39, 0.29) is 34.7 Å². The Morgan fingerprint density at radius 1 is 0.952 bits per heavy atom. The van der Waals surface area contributed by atoms with Crippen LogP contribution in [0, 0.1) is 20.9 Å². The summed E-state index contributed by atoms with van der Waals surface area (Å²) in [5.41, 5.74) is 4.43. The standard InChI is InChI=1S/C33H37ClN2O6/c1-7-35-23-14-32(2,3)16-25(37)29(23)28(30-24(35)15-33(4,5)17-26(30)38)20-12-22(34)31(27(13-20)41-6)42-18-19-8-10-21(11-9-19)36(39)40/h8-13,28H,7,14-18H2,1-6H3. The SMILES string of the molecule is CCN1C2=C(C(=O)CC(C)(C)C2)C(c2cc(Cl)c(OCc3ccc([N+](=O)[O-])cc3)c(OC)c2)C2=C1CC(C)(C)CC2=O. The number of allylic oxidation sites excluding steroid dienone is 4. The lowest BCUT2D eigenvalue weighted by Crippen LogP contribution is -2.44. The number of ether oxygens (including phenoxy) is 2. The van der Waals surface area contributed by atoms with Crippen LogP contribution >= 0.6 is 11.6 Å². The Morgan fingerprint density at radius 2 is 1.50 bits per heavy atom. The summed E-state index contributed by atoms with van der Waals surface area (Å²) < 4.78 is 11.8. The number of nitrogens with zero attached hydrogens (tertiary/aromatic N) is 2. The molecular formula is C33H37ClN2O6. The molecule has 0 spiro atoms. The summed E-state index contributed by atoms with van der Waals surface area (Å²) in [6.07, 6.45) is 2.29. The van der Waals surface area contributed by atoms with Crippen molar-refractivity contribution in [2.24, 2.45) is 10.8 Å². The van der Waals surface area contributed by atoms with Gasteiger partial charge in [-0.15, -0.1) is 0 Å². The molecule has 2 aliphatic carbocycles. The molecule has 0 saturated carbocycles. The molecule has 2 aromatic rings. The molecule has 0 radical (unpaired) electrons. The minimum Gasteiger partial charge on any atom is -0.493 e. The number of nitro groups is 1. The van der Waals surface area contributed by atoms with Crippen LogP contribution in [0.1, 0.15) is 77.3 Å². The van der Waals surface area contributed by atoms with Gasteiger partial charge < -0.3 is 14.4 Å². The third kappa shape index (κ3) is 5.44. The van der Waals surface area contributed by atoms with Crippen LogP contribution in [0.3, 0.4) is 0 Å². The summed E-state index contributed by atoms with van der Waals surface area (Å²) in [4.78, 5) is 40.5. The number of nitro benzene ring substituents is 1. The van der Waals surface area contributed by atoms with E-state index in [0.717, 1.165) is 35.4 Å². The van der Waals surface area contributed by atoms with Crippen LogP contribution in [0.5, 0.6) is 11.5 Å². The minimum atomic E-state index is -0.542. The van der Waals surface area contributed by atoms with E-state index >= 15 is 0 Å². The monoisotopic (exact) mass is 592 g/mol. The molecule has 2 aromatic carbocycles. The van der Waals surface area contributed by atoms with Gasteiger partial charge in [0.1, 0.15) is 6.61 Å². The first kappa shape index (κ1) is 29.8. The van der Waals surface area contributed by atoms with Crippen LogP contribution in [0.25, 0.3) is 0 Å². The number of halogens is 1. The Labute approximate surface area is 251 Å². The van der Waals surface area contributed by atoms with Gasteiger partial charge in [-0.05, 0) is 66.0 Å². The second-order valence-electron chi connectivity index (χ2n) is 13.0. The molecule has 1 heterocycles. The van der Waals surface area contributed by atoms with Crippen LogP contribution in [0.15, 0.2) is 58.9 Å². The number of carbonyl (C=O) groups is 2. The molecule has 8 nitrogen and oxygen atoms in total. The number of carbonyl (C=O) groups excluding carboxylic acids is 2. The minimum absolute atomic E-state index is 0.00326. The summed E-state index contributed by atoms with van der Waals surface area (Å²) in [6.45, 7) is 11.3. The van der Waals surface area contributed by atoms with Crippen molar-refractivity contribution in [1.82, 2.24) is 4.90 Å². The molecule has 0 aromatic heterocycles. The number of methoxy groups -OCH3 is 1. The van der Waals surface area contributed by atoms with Crippen LogP contribution in [0.2, 0.25) is 5.02 Å². The first-order chi connectivity index (χ1) is 19.7. The first-order valence-electron chi connectivity index (χ1n) is 14.3. The predicted octanol–water partition coefficient (Wildman–Crippen LogP) is 7.54. The van der Waals surface area contributed by atoms with Crippen LogP contribution in [-0.2, 0) is 16.2 Å². The topological polar surface area (TPSA) is 99.0 Å². The fourth-order valence-corrected chi connectivity index (χ4v) is 6.95. The maximum Gasteiger partial charge on any atom is 0.269 e. The summed E-state index contributed by atoms with van der Waals surface area (Å²) in [5.74, 6) is 0.279. The van der Waals surface area contributed by atoms with Crippen LogP contribution in [0.4, 0.5) is 5.69 Å². The van der Waals surface area contributed by atoms with Gasteiger partial charge in [0.2, 0.25) is 0 Å². The normalized spacial score (nSPS) is 19.9. The zero-order chi connectivity index (χ0) is 30.6. The Bertz CT molecular complexity index is 1480. The van der Waals surface area contributed by atoms with Crippen molar-refractivity contribution in [3.05, 3.63) is 85.2 Å². The maximum absolute atomic E-state index is 13.9. The Balaban J connectivity index is 1.60. The fraction of sp³-hybridized carbons (Fsp3) is 0.455. The van der Waals surface area contributed by atoms with Crippen molar-refractivity contribution >= 4 is 28.9 Å². The second-order valence-corrected chi connectivity index (χ2v) is 13.4. The molecule has 0 unspecified atom stereocenters. The molecule has 222 valence electrons. The molecule has 0 bridgehead atoms. The van der Waals surface area contributed by atoms with E-state index in [1.165, 1.54) is 19.2 Å². The van der Waals surface area contributed by atoms with Gasteiger partial charge >= 0.3 is 0 Å². The summed E-state index contributed by atoms with van der Waals surface area (Å²) in [5, 5.41) is 11.3. The van der Waals surface area contributed by atoms with Crippen LogP contribution < -0.4 is 9.47 Å². The molecule has 0 amide bonds. The lowest BCUT2D eigenvalue weighted by atomic mass is 9.63. The zero-order valence-corrected chi connectivity index (χ0v) is 25.8. The number of rotatable bonds is 7. The summed E-state index contributed by atoms with van der Waals surface area (Å²) >= 11 is 6.83. The van der Waals surface area contributed by atoms with Gasteiger partial charge in [-0.1, -0.05) is 39.3 Å². The van der Waals surface area contributed by atoms with E-state index in [2.05, 4.69) is 39.5 Å². The fourth-order valence-electron chi connectivity index (χ4n) is 6.68. The Morgan fingerprint density at radius 3 is 1.98 bits per heavy atom. The molecule has 9 heteroatoms. The smallest absolute Gasteiger partial charge is 0.269 e. The highest BCUT2D eigenvalue weighted by molar-refractivity contribution is 6.32. The third-order valence-electron chi connectivity index (χ3n) is 8.45. The number of non-ortho nitro benzene ring substituents is 1. The largest absolute Gasteiger partial charge is 0.493 e. The van der Waals surface area contributed by atoms with Crippen molar-refractivity contribution in [1.29, 1.82) is 0 Å². The number of ketones is 2. The van der Waals surface area contributed by atoms with Gasteiger partial charge in [-0.2, -0.15) is 0 Å². The van der Waals surface area contributed by atoms with Crippen molar-refractivity contribution in [3.8, 4) is 11.5 Å². The highest BCUT2D eigenvalue weighted by Gasteiger charge is 2.48. The average molecular weight is 593 g/mol. The average Bonchev–Trinajstić information content (AvgIpc) is 2.89. The number of hydrogen-bond acceptors (Lipinski definition) is 7.